The Kier molecular flexibility index (Phi) is 6.76. The second kappa shape index (κ2) is 9.48. The highest BCUT2D eigenvalue weighted by Gasteiger charge is 2.46. The van der Waals surface area contributed by atoms with Crippen molar-refractivity contribution in [2.24, 2.45) is 5.92 Å². The Bertz CT molecular complexity index is 1180. The summed E-state index contributed by atoms with van der Waals surface area (Å²) in [7, 11) is 0. The quantitative estimate of drug-likeness (QED) is 0.457. The molecule has 186 valence electrons. The number of carbonyl (C=O) groups is 1. The summed E-state index contributed by atoms with van der Waals surface area (Å²) in [5, 5.41) is 3.46. The van der Waals surface area contributed by atoms with Crippen LogP contribution in [0.1, 0.15) is 34.5 Å². The molecule has 2 aromatic heterocycles. The van der Waals surface area contributed by atoms with Gasteiger partial charge in [0.15, 0.2) is 5.69 Å². The summed E-state index contributed by atoms with van der Waals surface area (Å²) in [4.78, 5) is 26.7. The highest BCUT2D eigenvalue weighted by Crippen LogP contribution is 2.37. The smallest absolute Gasteiger partial charge is 0.367 e. The van der Waals surface area contributed by atoms with E-state index in [9.17, 15) is 26.7 Å². The van der Waals surface area contributed by atoms with E-state index in [1.165, 1.54) is 11.3 Å². The number of aryl methyl sites for hydroxylation is 1. The molecular weight excluding hydrogens is 489 g/mol. The Morgan fingerprint density at radius 3 is 2.54 bits per heavy atom. The van der Waals surface area contributed by atoms with E-state index < -0.39 is 48.6 Å². The van der Waals surface area contributed by atoms with Gasteiger partial charge in [-0.05, 0) is 18.4 Å². The number of aromatic nitrogens is 3. The van der Waals surface area contributed by atoms with Crippen LogP contribution in [0, 0.1) is 12.8 Å². The highest BCUT2D eigenvalue weighted by molar-refractivity contribution is 7.15. The maximum atomic E-state index is 14.5. The summed E-state index contributed by atoms with van der Waals surface area (Å²) in [6, 6.07) is 8.43. The minimum Gasteiger partial charge on any atom is -0.367 e. The number of hydrogen-bond donors (Lipinski definition) is 1. The predicted molar refractivity (Wildman–Crippen MR) is 121 cm³/mol. The van der Waals surface area contributed by atoms with E-state index in [4.69, 9.17) is 0 Å². The minimum absolute atomic E-state index is 0.00677. The second-order valence-electron chi connectivity index (χ2n) is 8.48. The average Bonchev–Trinajstić information content (AvgIpc) is 3.19. The standard InChI is InChI=1S/C23H22F5N5OS/c1-13-8-22(24,25)12-33(16(13)9-30-18-11-29-17(10-31-18)23(26,27)28)21(34)19-20(35-14(2)32-19)15-6-4-3-5-7-15/h3-7,10-11,13,16H,8-9,12H2,1-2H3,(H,30,31)/t13-,16-/m1/s1. The van der Waals surface area contributed by atoms with E-state index in [1.54, 1.807) is 13.8 Å². The summed E-state index contributed by atoms with van der Waals surface area (Å²) in [5.74, 6) is -4.26. The fourth-order valence-electron chi connectivity index (χ4n) is 4.15. The van der Waals surface area contributed by atoms with E-state index in [1.807, 2.05) is 30.3 Å². The molecular formula is C23H22F5N5OS. The number of alkyl halides is 5. The molecule has 0 unspecified atom stereocenters. The number of amides is 1. The Balaban J connectivity index is 1.60. The zero-order chi connectivity index (χ0) is 25.4. The summed E-state index contributed by atoms with van der Waals surface area (Å²) in [6.07, 6.45) is -3.54. The van der Waals surface area contributed by atoms with Crippen LogP contribution in [0.5, 0.6) is 0 Å². The number of halogens is 5. The molecule has 6 nitrogen and oxygen atoms in total. The molecule has 1 aromatic carbocycles. The minimum atomic E-state index is -4.62. The monoisotopic (exact) mass is 511 g/mol. The van der Waals surface area contributed by atoms with Gasteiger partial charge in [0, 0.05) is 13.0 Å². The van der Waals surface area contributed by atoms with Crippen LogP contribution < -0.4 is 5.32 Å². The Hall–Kier alpha value is -3.15. The zero-order valence-electron chi connectivity index (χ0n) is 18.8. The summed E-state index contributed by atoms with van der Waals surface area (Å²) < 4.78 is 67.3. The van der Waals surface area contributed by atoms with Gasteiger partial charge in [-0.1, -0.05) is 37.3 Å². The molecule has 12 heteroatoms. The predicted octanol–water partition coefficient (Wildman–Crippen LogP) is 5.53. The number of nitrogens with one attached hydrogen (secondary N) is 1. The van der Waals surface area contributed by atoms with Gasteiger partial charge >= 0.3 is 6.18 Å². The highest BCUT2D eigenvalue weighted by atomic mass is 32.1. The number of nitrogens with zero attached hydrogens (tertiary/aromatic N) is 4. The molecule has 1 amide bonds. The van der Waals surface area contributed by atoms with Crippen LogP contribution in [0.2, 0.25) is 0 Å². The molecule has 1 aliphatic rings. The average molecular weight is 512 g/mol. The van der Waals surface area contributed by atoms with Gasteiger partial charge in [-0.25, -0.2) is 23.7 Å². The first-order valence-corrected chi connectivity index (χ1v) is 11.6. The number of carbonyl (C=O) groups excluding carboxylic acids is 1. The van der Waals surface area contributed by atoms with Gasteiger partial charge in [0.2, 0.25) is 0 Å². The van der Waals surface area contributed by atoms with Crippen LogP contribution >= 0.6 is 11.3 Å². The largest absolute Gasteiger partial charge is 0.434 e. The van der Waals surface area contributed by atoms with E-state index in [0.29, 0.717) is 16.1 Å². The first kappa shape index (κ1) is 25.0. The van der Waals surface area contributed by atoms with Crippen LogP contribution in [0.4, 0.5) is 27.8 Å². The number of benzene rings is 1. The van der Waals surface area contributed by atoms with Crippen molar-refractivity contribution in [1.29, 1.82) is 0 Å². The molecule has 0 bridgehead atoms. The maximum absolute atomic E-state index is 14.5. The first-order chi connectivity index (χ1) is 16.4. The molecule has 0 aliphatic carbocycles. The molecule has 0 saturated carbocycles. The molecule has 0 radical (unpaired) electrons. The number of hydrogen-bond acceptors (Lipinski definition) is 6. The molecule has 35 heavy (non-hydrogen) atoms. The van der Waals surface area contributed by atoms with Crippen LogP contribution in [-0.2, 0) is 6.18 Å². The van der Waals surface area contributed by atoms with E-state index in [-0.39, 0.29) is 18.1 Å². The summed E-state index contributed by atoms with van der Waals surface area (Å²) in [5.41, 5.74) is -0.284. The van der Waals surface area contributed by atoms with Gasteiger partial charge in [0.25, 0.3) is 11.8 Å². The van der Waals surface area contributed by atoms with E-state index in [0.717, 1.165) is 16.7 Å². The molecule has 3 heterocycles. The topological polar surface area (TPSA) is 71.0 Å². The number of likely N-dealkylation sites (tertiary alicyclic amines) is 1. The van der Waals surface area contributed by atoms with Crippen LogP contribution in [0.15, 0.2) is 42.7 Å². The van der Waals surface area contributed by atoms with E-state index in [2.05, 4.69) is 20.3 Å². The van der Waals surface area contributed by atoms with Crippen molar-refractivity contribution in [2.75, 3.05) is 18.4 Å². The SMILES string of the molecule is Cc1nc(C(=O)N2CC(F)(F)C[C@@H](C)[C@H]2CNc2cnc(C(F)(F)F)cn2)c(-c2ccccc2)s1. The van der Waals surface area contributed by atoms with Crippen molar-refractivity contribution in [2.45, 2.75) is 38.4 Å². The zero-order valence-corrected chi connectivity index (χ0v) is 19.6. The van der Waals surface area contributed by atoms with Crippen LogP contribution in [0.3, 0.4) is 0 Å². The molecule has 1 aliphatic heterocycles. The second-order valence-corrected chi connectivity index (χ2v) is 9.68. The molecule has 4 rings (SSSR count). The van der Waals surface area contributed by atoms with Crippen molar-refractivity contribution in [1.82, 2.24) is 19.9 Å². The third kappa shape index (κ3) is 5.58. The number of anilines is 1. The lowest BCUT2D eigenvalue weighted by Gasteiger charge is -2.43. The Morgan fingerprint density at radius 1 is 1.20 bits per heavy atom. The van der Waals surface area contributed by atoms with E-state index >= 15 is 0 Å². The van der Waals surface area contributed by atoms with Crippen molar-refractivity contribution in [3.63, 3.8) is 0 Å². The number of thiazole rings is 1. The van der Waals surface area contributed by atoms with Crippen LogP contribution in [0.25, 0.3) is 10.4 Å². The number of rotatable bonds is 5. The van der Waals surface area contributed by atoms with Crippen molar-refractivity contribution in [3.05, 3.63) is 59.1 Å². The van der Waals surface area contributed by atoms with Gasteiger partial charge < -0.3 is 10.2 Å². The van der Waals surface area contributed by atoms with Crippen molar-refractivity contribution < 1.29 is 26.7 Å². The third-order valence-electron chi connectivity index (χ3n) is 5.75. The maximum Gasteiger partial charge on any atom is 0.434 e. The van der Waals surface area contributed by atoms with Gasteiger partial charge in [-0.3, -0.25) is 4.79 Å². The Labute approximate surface area is 202 Å². The van der Waals surface area contributed by atoms with Gasteiger partial charge in [0.05, 0.1) is 34.9 Å². The molecule has 0 spiro atoms. The Morgan fingerprint density at radius 2 is 1.91 bits per heavy atom. The lowest BCUT2D eigenvalue weighted by molar-refractivity contribution is -0.141. The normalized spacial score (nSPS) is 20.0. The molecule has 2 atom stereocenters. The molecule has 1 fully saturated rings. The summed E-state index contributed by atoms with van der Waals surface area (Å²) in [6.45, 7) is 2.57. The molecule has 3 aromatic rings. The molecule has 1 saturated heterocycles. The fraction of sp³-hybridized carbons (Fsp3) is 0.391. The molecule has 1 N–H and O–H groups in total. The summed E-state index contributed by atoms with van der Waals surface area (Å²) >= 11 is 1.30. The van der Waals surface area contributed by atoms with Crippen molar-refractivity contribution in [3.8, 4) is 10.4 Å². The van der Waals surface area contributed by atoms with Gasteiger partial charge in [-0.2, -0.15) is 13.2 Å². The van der Waals surface area contributed by atoms with Gasteiger partial charge in [0.1, 0.15) is 11.5 Å². The number of piperidine rings is 1. The van der Waals surface area contributed by atoms with Crippen LogP contribution in [-0.4, -0.2) is 50.8 Å². The first-order valence-electron chi connectivity index (χ1n) is 10.8. The fourth-order valence-corrected chi connectivity index (χ4v) is 5.06. The lowest BCUT2D eigenvalue weighted by Crippen LogP contribution is -2.57. The van der Waals surface area contributed by atoms with Crippen molar-refractivity contribution >= 4 is 23.1 Å². The lowest BCUT2D eigenvalue weighted by atomic mass is 9.88. The third-order valence-corrected chi connectivity index (χ3v) is 6.77. The van der Waals surface area contributed by atoms with Gasteiger partial charge in [-0.15, -0.1) is 11.3 Å².